The summed E-state index contributed by atoms with van der Waals surface area (Å²) in [7, 11) is 0. The first kappa shape index (κ1) is 16.7. The van der Waals surface area contributed by atoms with Crippen LogP contribution in [0.5, 0.6) is 0 Å². The molecule has 2 aromatic rings. The van der Waals surface area contributed by atoms with Crippen molar-refractivity contribution in [2.45, 2.75) is 46.3 Å². The third-order valence-electron chi connectivity index (χ3n) is 4.72. The first-order chi connectivity index (χ1) is 11.5. The van der Waals surface area contributed by atoms with Gasteiger partial charge in [-0.15, -0.1) is 0 Å². The zero-order valence-corrected chi connectivity index (χ0v) is 14.4. The molecule has 0 unspecified atom stereocenters. The van der Waals surface area contributed by atoms with Crippen LogP contribution in [0.25, 0.3) is 10.8 Å². The van der Waals surface area contributed by atoms with Crippen LogP contribution in [0.15, 0.2) is 23.0 Å². The van der Waals surface area contributed by atoms with Crippen LogP contribution in [0, 0.1) is 13.8 Å². The van der Waals surface area contributed by atoms with Gasteiger partial charge in [-0.1, -0.05) is 6.07 Å². The smallest absolute Gasteiger partial charge is 0.338 e. The van der Waals surface area contributed by atoms with Gasteiger partial charge in [-0.25, -0.2) is 4.79 Å². The highest BCUT2D eigenvalue weighted by Crippen LogP contribution is 2.28. The summed E-state index contributed by atoms with van der Waals surface area (Å²) >= 11 is 0. The Balaban J connectivity index is 2.22. The van der Waals surface area contributed by atoms with Gasteiger partial charge in [-0.3, -0.25) is 4.79 Å². The molecule has 0 N–H and O–H groups in total. The first-order valence-corrected chi connectivity index (χ1v) is 8.46. The Bertz CT molecular complexity index is 831. The van der Waals surface area contributed by atoms with Gasteiger partial charge in [0, 0.05) is 29.9 Å². The quantitative estimate of drug-likeness (QED) is 0.809. The molecule has 0 saturated carbocycles. The molecule has 1 atom stereocenters. The van der Waals surface area contributed by atoms with Gasteiger partial charge in [-0.2, -0.15) is 0 Å². The normalized spacial score (nSPS) is 17.4. The van der Waals surface area contributed by atoms with Crippen molar-refractivity contribution < 1.29 is 14.3 Å². The van der Waals surface area contributed by atoms with Crippen LogP contribution in [0.4, 0.5) is 0 Å². The van der Waals surface area contributed by atoms with E-state index in [9.17, 15) is 9.59 Å². The Hall–Kier alpha value is -2.14. The largest absolute Gasteiger partial charge is 0.462 e. The van der Waals surface area contributed by atoms with Gasteiger partial charge >= 0.3 is 5.97 Å². The maximum absolute atomic E-state index is 12.5. The highest BCUT2D eigenvalue weighted by atomic mass is 16.5. The molecule has 0 aliphatic carbocycles. The van der Waals surface area contributed by atoms with Gasteiger partial charge in [0.1, 0.15) is 0 Å². The van der Waals surface area contributed by atoms with Crippen LogP contribution in [-0.4, -0.2) is 29.9 Å². The lowest BCUT2D eigenvalue weighted by atomic mass is 10.1. The summed E-state index contributed by atoms with van der Waals surface area (Å²) in [6.07, 6.45) is 2.26. The number of aromatic nitrogens is 1. The second-order valence-corrected chi connectivity index (χ2v) is 6.19. The number of esters is 1. The number of ether oxygens (including phenoxy) is 2. The molecule has 5 heteroatoms. The molecule has 1 aromatic carbocycles. The molecule has 24 heavy (non-hydrogen) atoms. The van der Waals surface area contributed by atoms with E-state index in [1.807, 2.05) is 13.8 Å². The molecule has 2 heterocycles. The average Bonchev–Trinajstić information content (AvgIpc) is 3.09. The number of carbonyl (C=O) groups is 1. The number of hydrogen-bond acceptors (Lipinski definition) is 4. The summed E-state index contributed by atoms with van der Waals surface area (Å²) in [5.74, 6) is -0.393. The predicted octanol–water partition coefficient (Wildman–Crippen LogP) is 2.97. The molecule has 1 aromatic heterocycles. The fourth-order valence-electron chi connectivity index (χ4n) is 3.56. The zero-order valence-electron chi connectivity index (χ0n) is 14.4. The van der Waals surface area contributed by atoms with Crippen molar-refractivity contribution >= 4 is 16.7 Å². The van der Waals surface area contributed by atoms with Gasteiger partial charge in [0.05, 0.1) is 23.7 Å². The molecule has 0 bridgehead atoms. The van der Waals surface area contributed by atoms with Crippen molar-refractivity contribution in [1.82, 2.24) is 4.57 Å². The standard InChI is InChI=1S/C19H23NO4/c1-4-23-19(22)15-8-5-9-16(21)18-13(3)20(12(2)17(15)18)11-14-7-6-10-24-14/h5,8-9,14H,4,6-7,10-11H2,1-3H3/t14-/m0/s1. The third kappa shape index (κ3) is 2.84. The number of carbonyl (C=O) groups excluding carboxylic acids is 1. The lowest BCUT2D eigenvalue weighted by Crippen LogP contribution is -2.17. The van der Waals surface area contributed by atoms with E-state index in [0.29, 0.717) is 29.5 Å². The molecule has 128 valence electrons. The summed E-state index contributed by atoms with van der Waals surface area (Å²) in [6.45, 7) is 7.46. The van der Waals surface area contributed by atoms with Gasteiger partial charge in [0.15, 0.2) is 5.43 Å². The van der Waals surface area contributed by atoms with E-state index in [0.717, 1.165) is 30.8 Å². The van der Waals surface area contributed by atoms with E-state index in [-0.39, 0.29) is 11.5 Å². The topological polar surface area (TPSA) is 57.5 Å². The van der Waals surface area contributed by atoms with E-state index >= 15 is 0 Å². The van der Waals surface area contributed by atoms with Gasteiger partial charge in [0.25, 0.3) is 0 Å². The molecule has 0 radical (unpaired) electrons. The molecule has 1 fully saturated rings. The number of fused-ring (bicyclic) bond motifs is 1. The lowest BCUT2D eigenvalue weighted by Gasteiger charge is -2.14. The second-order valence-electron chi connectivity index (χ2n) is 6.19. The van der Waals surface area contributed by atoms with Crippen molar-refractivity contribution in [2.75, 3.05) is 13.2 Å². The molecule has 1 saturated heterocycles. The van der Waals surface area contributed by atoms with Crippen LogP contribution < -0.4 is 5.43 Å². The Morgan fingerprint density at radius 1 is 1.29 bits per heavy atom. The van der Waals surface area contributed by atoms with E-state index < -0.39 is 5.97 Å². The van der Waals surface area contributed by atoms with Crippen LogP contribution in [0.2, 0.25) is 0 Å². The average molecular weight is 329 g/mol. The molecule has 3 rings (SSSR count). The van der Waals surface area contributed by atoms with Crippen molar-refractivity contribution in [3.05, 3.63) is 45.4 Å². The highest BCUT2D eigenvalue weighted by Gasteiger charge is 2.23. The summed E-state index contributed by atoms with van der Waals surface area (Å²) < 4.78 is 13.0. The molecule has 0 amide bonds. The zero-order chi connectivity index (χ0) is 17.3. The Labute approximate surface area is 141 Å². The minimum Gasteiger partial charge on any atom is -0.462 e. The maximum Gasteiger partial charge on any atom is 0.338 e. The minimum atomic E-state index is -0.393. The Morgan fingerprint density at radius 2 is 2.04 bits per heavy atom. The van der Waals surface area contributed by atoms with E-state index in [2.05, 4.69) is 4.57 Å². The Morgan fingerprint density at radius 3 is 2.71 bits per heavy atom. The van der Waals surface area contributed by atoms with Crippen LogP contribution in [0.1, 0.15) is 41.5 Å². The minimum absolute atomic E-state index is 0.0766. The van der Waals surface area contributed by atoms with Crippen molar-refractivity contribution in [3.63, 3.8) is 0 Å². The van der Waals surface area contributed by atoms with Gasteiger partial charge in [-0.05, 0) is 45.7 Å². The summed E-state index contributed by atoms with van der Waals surface area (Å²) in [5.41, 5.74) is 2.16. The van der Waals surface area contributed by atoms with Crippen LogP contribution in [0.3, 0.4) is 0 Å². The van der Waals surface area contributed by atoms with E-state index in [1.165, 1.54) is 6.07 Å². The second kappa shape index (κ2) is 6.77. The molecular formula is C19H23NO4. The van der Waals surface area contributed by atoms with Gasteiger partial charge in [0.2, 0.25) is 0 Å². The Kier molecular flexibility index (Phi) is 4.71. The van der Waals surface area contributed by atoms with Crippen LogP contribution >= 0.6 is 0 Å². The van der Waals surface area contributed by atoms with Crippen molar-refractivity contribution in [2.24, 2.45) is 0 Å². The third-order valence-corrected chi connectivity index (χ3v) is 4.72. The number of rotatable bonds is 4. The van der Waals surface area contributed by atoms with Crippen molar-refractivity contribution in [3.8, 4) is 0 Å². The summed E-state index contributed by atoms with van der Waals surface area (Å²) in [6, 6.07) is 4.80. The SMILES string of the molecule is CCOC(=O)c1cccc(=O)c2c(C)n(C[C@@H]3CCCO3)c(C)c12. The van der Waals surface area contributed by atoms with E-state index in [4.69, 9.17) is 9.47 Å². The fourth-order valence-corrected chi connectivity index (χ4v) is 3.56. The fraction of sp³-hybridized carbons (Fsp3) is 0.474. The molecule has 5 nitrogen and oxygen atoms in total. The number of hydrogen-bond donors (Lipinski definition) is 0. The lowest BCUT2D eigenvalue weighted by molar-refractivity contribution is 0.0528. The summed E-state index contributed by atoms with van der Waals surface area (Å²) in [5, 5.41) is 1.29. The highest BCUT2D eigenvalue weighted by molar-refractivity contribution is 6.06. The number of nitrogens with zero attached hydrogens (tertiary/aromatic N) is 1. The van der Waals surface area contributed by atoms with Crippen molar-refractivity contribution in [1.29, 1.82) is 0 Å². The molecular weight excluding hydrogens is 306 g/mol. The van der Waals surface area contributed by atoms with E-state index in [1.54, 1.807) is 19.1 Å². The molecule has 0 spiro atoms. The predicted molar refractivity (Wildman–Crippen MR) is 92.6 cm³/mol. The first-order valence-electron chi connectivity index (χ1n) is 8.46. The van der Waals surface area contributed by atoms with Gasteiger partial charge < -0.3 is 14.0 Å². The monoisotopic (exact) mass is 329 g/mol. The van der Waals surface area contributed by atoms with Crippen LogP contribution in [-0.2, 0) is 16.0 Å². The molecule has 1 aliphatic rings. The maximum atomic E-state index is 12.5. The molecule has 1 aliphatic heterocycles. The number of aryl methyl sites for hydroxylation is 2. The summed E-state index contributed by atoms with van der Waals surface area (Å²) in [4.78, 5) is 24.9.